The van der Waals surface area contributed by atoms with Crippen LogP contribution in [-0.4, -0.2) is 18.6 Å². The predicted octanol–water partition coefficient (Wildman–Crippen LogP) is 1.56. The highest BCUT2D eigenvalue weighted by molar-refractivity contribution is 5.18. The quantitative estimate of drug-likeness (QED) is 0.708. The molecular formula is C14H20N2. The minimum atomic E-state index is -0.0757. The summed E-state index contributed by atoms with van der Waals surface area (Å²) in [6.45, 7) is 3.30. The van der Waals surface area contributed by atoms with Gasteiger partial charge in [-0.05, 0) is 18.4 Å². The van der Waals surface area contributed by atoms with Crippen LogP contribution in [0.4, 0.5) is 0 Å². The molecule has 1 aromatic rings. The van der Waals surface area contributed by atoms with Gasteiger partial charge in [-0.3, -0.25) is 5.32 Å². The van der Waals surface area contributed by atoms with E-state index in [1.165, 1.54) is 5.56 Å². The molecule has 0 aromatic heterocycles. The van der Waals surface area contributed by atoms with Gasteiger partial charge in [0.1, 0.15) is 0 Å². The molecule has 1 unspecified atom stereocenters. The van der Waals surface area contributed by atoms with Crippen LogP contribution in [0, 0.1) is 12.3 Å². The molecule has 3 N–H and O–H groups in total. The summed E-state index contributed by atoms with van der Waals surface area (Å²) in [6, 6.07) is 10.4. The van der Waals surface area contributed by atoms with Crippen LogP contribution >= 0.6 is 0 Å². The molecule has 0 fully saturated rings. The third-order valence-electron chi connectivity index (χ3n) is 3.02. The molecule has 0 heterocycles. The molecule has 16 heavy (non-hydrogen) atoms. The fourth-order valence-corrected chi connectivity index (χ4v) is 1.83. The number of nitrogens with one attached hydrogen (secondary N) is 1. The van der Waals surface area contributed by atoms with E-state index in [0.29, 0.717) is 13.1 Å². The third kappa shape index (κ3) is 3.37. The van der Waals surface area contributed by atoms with Gasteiger partial charge < -0.3 is 5.73 Å². The maximum absolute atomic E-state index is 5.88. The molecule has 0 radical (unpaired) electrons. The maximum atomic E-state index is 5.88. The van der Waals surface area contributed by atoms with Crippen LogP contribution < -0.4 is 11.1 Å². The SMILES string of the molecule is C#CCNC(CC)(CN)Cc1ccccc1. The lowest BCUT2D eigenvalue weighted by Crippen LogP contribution is -2.52. The zero-order valence-electron chi connectivity index (χ0n) is 9.87. The van der Waals surface area contributed by atoms with Crippen LogP contribution in [0.25, 0.3) is 0 Å². The molecule has 0 aliphatic rings. The van der Waals surface area contributed by atoms with E-state index in [0.717, 1.165) is 12.8 Å². The molecule has 0 saturated carbocycles. The number of rotatable bonds is 6. The Balaban J connectivity index is 2.74. The summed E-state index contributed by atoms with van der Waals surface area (Å²) < 4.78 is 0. The summed E-state index contributed by atoms with van der Waals surface area (Å²) in [5.41, 5.74) is 7.09. The van der Waals surface area contributed by atoms with Gasteiger partial charge in [-0.15, -0.1) is 6.42 Å². The second kappa shape index (κ2) is 6.32. The first-order valence-corrected chi connectivity index (χ1v) is 5.69. The molecule has 0 bridgehead atoms. The molecule has 1 atom stereocenters. The van der Waals surface area contributed by atoms with Crippen molar-refractivity contribution in [2.45, 2.75) is 25.3 Å². The monoisotopic (exact) mass is 216 g/mol. The summed E-state index contributed by atoms with van der Waals surface area (Å²) in [6.07, 6.45) is 7.18. The normalized spacial score (nSPS) is 14.1. The van der Waals surface area contributed by atoms with Gasteiger partial charge in [-0.2, -0.15) is 0 Å². The topological polar surface area (TPSA) is 38.0 Å². The van der Waals surface area contributed by atoms with Gasteiger partial charge in [0, 0.05) is 12.1 Å². The summed E-state index contributed by atoms with van der Waals surface area (Å²) in [5.74, 6) is 2.61. The second-order valence-electron chi connectivity index (χ2n) is 4.06. The second-order valence-corrected chi connectivity index (χ2v) is 4.06. The van der Waals surface area contributed by atoms with E-state index in [1.54, 1.807) is 0 Å². The number of terminal acetylenes is 1. The Labute approximate surface area is 98.2 Å². The Kier molecular flexibility index (Phi) is 5.04. The van der Waals surface area contributed by atoms with E-state index in [1.807, 2.05) is 18.2 Å². The average molecular weight is 216 g/mol. The molecular weight excluding hydrogens is 196 g/mol. The third-order valence-corrected chi connectivity index (χ3v) is 3.02. The van der Waals surface area contributed by atoms with Crippen LogP contribution in [0.1, 0.15) is 18.9 Å². The fourth-order valence-electron chi connectivity index (χ4n) is 1.83. The van der Waals surface area contributed by atoms with Gasteiger partial charge in [0.05, 0.1) is 6.54 Å². The first-order chi connectivity index (χ1) is 7.76. The molecule has 0 amide bonds. The Hall–Kier alpha value is -1.30. The summed E-state index contributed by atoms with van der Waals surface area (Å²) in [4.78, 5) is 0. The van der Waals surface area contributed by atoms with Gasteiger partial charge in [-0.1, -0.05) is 43.2 Å². The van der Waals surface area contributed by atoms with Crippen LogP contribution in [0.5, 0.6) is 0 Å². The molecule has 2 nitrogen and oxygen atoms in total. The van der Waals surface area contributed by atoms with Crippen LogP contribution in [0.2, 0.25) is 0 Å². The van der Waals surface area contributed by atoms with Gasteiger partial charge in [-0.25, -0.2) is 0 Å². The Morgan fingerprint density at radius 1 is 1.38 bits per heavy atom. The molecule has 2 heteroatoms. The van der Waals surface area contributed by atoms with Gasteiger partial charge in [0.15, 0.2) is 0 Å². The number of hydrogen-bond donors (Lipinski definition) is 2. The molecule has 86 valence electrons. The number of benzene rings is 1. The smallest absolute Gasteiger partial charge is 0.0578 e. The summed E-state index contributed by atoms with van der Waals surface area (Å²) in [7, 11) is 0. The average Bonchev–Trinajstić information content (AvgIpc) is 2.36. The minimum absolute atomic E-state index is 0.0757. The summed E-state index contributed by atoms with van der Waals surface area (Å²) in [5, 5.41) is 3.37. The molecule has 0 aliphatic heterocycles. The minimum Gasteiger partial charge on any atom is -0.329 e. The van der Waals surface area contributed by atoms with E-state index < -0.39 is 0 Å². The van der Waals surface area contributed by atoms with Crippen molar-refractivity contribution in [1.82, 2.24) is 5.32 Å². The van der Waals surface area contributed by atoms with Crippen molar-refractivity contribution in [3.05, 3.63) is 35.9 Å². The zero-order valence-corrected chi connectivity index (χ0v) is 9.87. The largest absolute Gasteiger partial charge is 0.329 e. The van der Waals surface area contributed by atoms with E-state index >= 15 is 0 Å². The Morgan fingerprint density at radius 3 is 2.56 bits per heavy atom. The molecule has 0 aliphatic carbocycles. The lowest BCUT2D eigenvalue weighted by molar-refractivity contribution is 0.333. The van der Waals surface area contributed by atoms with Crippen molar-refractivity contribution >= 4 is 0 Å². The van der Waals surface area contributed by atoms with Crippen LogP contribution in [0.15, 0.2) is 30.3 Å². The van der Waals surface area contributed by atoms with Crippen molar-refractivity contribution in [2.75, 3.05) is 13.1 Å². The van der Waals surface area contributed by atoms with Crippen molar-refractivity contribution in [3.8, 4) is 12.3 Å². The molecule has 1 rings (SSSR count). The van der Waals surface area contributed by atoms with Crippen molar-refractivity contribution in [2.24, 2.45) is 5.73 Å². The maximum Gasteiger partial charge on any atom is 0.0578 e. The zero-order chi connectivity index (χ0) is 11.9. The fraction of sp³-hybridized carbons (Fsp3) is 0.429. The Morgan fingerprint density at radius 2 is 2.06 bits per heavy atom. The lowest BCUT2D eigenvalue weighted by atomic mass is 9.88. The summed E-state index contributed by atoms with van der Waals surface area (Å²) >= 11 is 0. The van der Waals surface area contributed by atoms with Crippen molar-refractivity contribution in [1.29, 1.82) is 0 Å². The van der Waals surface area contributed by atoms with Crippen LogP contribution in [0.3, 0.4) is 0 Å². The number of nitrogens with two attached hydrogens (primary N) is 1. The van der Waals surface area contributed by atoms with E-state index in [-0.39, 0.29) is 5.54 Å². The van der Waals surface area contributed by atoms with E-state index in [4.69, 9.17) is 12.2 Å². The van der Waals surface area contributed by atoms with Gasteiger partial charge in [0.25, 0.3) is 0 Å². The highest BCUT2D eigenvalue weighted by Crippen LogP contribution is 2.16. The molecule has 0 saturated heterocycles. The first kappa shape index (κ1) is 12.8. The molecule has 1 aromatic carbocycles. The first-order valence-electron chi connectivity index (χ1n) is 5.69. The van der Waals surface area contributed by atoms with Gasteiger partial charge >= 0.3 is 0 Å². The number of hydrogen-bond acceptors (Lipinski definition) is 2. The van der Waals surface area contributed by atoms with E-state index in [9.17, 15) is 0 Å². The highest BCUT2D eigenvalue weighted by Gasteiger charge is 2.25. The van der Waals surface area contributed by atoms with Crippen molar-refractivity contribution in [3.63, 3.8) is 0 Å². The molecule has 0 spiro atoms. The van der Waals surface area contributed by atoms with E-state index in [2.05, 4.69) is 30.3 Å². The lowest BCUT2D eigenvalue weighted by Gasteiger charge is -2.32. The van der Waals surface area contributed by atoms with Crippen molar-refractivity contribution < 1.29 is 0 Å². The highest BCUT2D eigenvalue weighted by atomic mass is 15.0. The Bertz CT molecular complexity index is 334. The predicted molar refractivity (Wildman–Crippen MR) is 69.1 cm³/mol. The standard InChI is InChI=1S/C14H20N2/c1-3-10-16-14(4-2,12-15)11-13-8-6-5-7-9-13/h1,5-9,16H,4,10-12,15H2,2H3. The van der Waals surface area contributed by atoms with Gasteiger partial charge in [0.2, 0.25) is 0 Å². The van der Waals surface area contributed by atoms with Crippen LogP contribution in [-0.2, 0) is 6.42 Å².